The van der Waals surface area contributed by atoms with Crippen LogP contribution in [0.4, 0.5) is 4.39 Å². The number of carbonyl (C=O) groups is 4. The van der Waals surface area contributed by atoms with Gasteiger partial charge in [-0.25, -0.2) is 4.39 Å². The third-order valence-corrected chi connectivity index (χ3v) is 5.62. The Bertz CT molecular complexity index is 1070. The lowest BCUT2D eigenvalue weighted by atomic mass is 10.0. The molecule has 2 aromatic carbocycles. The second-order valence-electron chi connectivity index (χ2n) is 8.60. The molecule has 0 aliphatic rings. The number of halogens is 2. The lowest BCUT2D eigenvalue weighted by Gasteiger charge is -2.24. The maximum Gasteiger partial charge on any atom is 0.243 e. The predicted molar refractivity (Wildman–Crippen MR) is 135 cm³/mol. The van der Waals surface area contributed by atoms with Crippen LogP contribution in [-0.4, -0.2) is 41.8 Å². The summed E-state index contributed by atoms with van der Waals surface area (Å²) in [6.07, 6.45) is 0.645. The first-order valence-electron chi connectivity index (χ1n) is 11.5. The van der Waals surface area contributed by atoms with E-state index in [1.807, 2.05) is 0 Å². The summed E-state index contributed by atoms with van der Waals surface area (Å²) in [5.74, 6) is -2.75. The Balaban J connectivity index is 2.17. The third kappa shape index (κ3) is 9.58. The van der Waals surface area contributed by atoms with Crippen LogP contribution in [0.1, 0.15) is 37.8 Å². The molecule has 0 aliphatic carbocycles. The Kier molecular flexibility index (Phi) is 11.2. The van der Waals surface area contributed by atoms with Gasteiger partial charge in [-0.15, -0.1) is 0 Å². The number of ketones is 1. The highest BCUT2D eigenvalue weighted by Gasteiger charge is 2.28. The van der Waals surface area contributed by atoms with Gasteiger partial charge >= 0.3 is 0 Å². The third-order valence-electron chi connectivity index (χ3n) is 5.36. The summed E-state index contributed by atoms with van der Waals surface area (Å²) in [6.45, 7) is 3.48. The van der Waals surface area contributed by atoms with Gasteiger partial charge in [-0.2, -0.15) is 0 Å². The Labute approximate surface area is 214 Å². The highest BCUT2D eigenvalue weighted by molar-refractivity contribution is 6.30. The minimum atomic E-state index is -1.09. The molecule has 8 nitrogen and oxygen atoms in total. The van der Waals surface area contributed by atoms with Gasteiger partial charge in [0, 0.05) is 30.3 Å². The normalized spacial score (nSPS) is 12.4. The van der Waals surface area contributed by atoms with Crippen molar-refractivity contribution in [1.29, 1.82) is 5.41 Å². The molecule has 2 rings (SSSR count). The Morgan fingerprint density at radius 1 is 0.889 bits per heavy atom. The van der Waals surface area contributed by atoms with Crippen LogP contribution in [0.3, 0.4) is 0 Å². The molecule has 4 N–H and O–H groups in total. The molecule has 0 bridgehead atoms. The topological polar surface area (TPSA) is 128 Å². The summed E-state index contributed by atoms with van der Waals surface area (Å²) in [5.41, 5.74) is 1.40. The van der Waals surface area contributed by atoms with Crippen molar-refractivity contribution >= 4 is 41.3 Å². The van der Waals surface area contributed by atoms with E-state index in [9.17, 15) is 23.6 Å². The van der Waals surface area contributed by atoms with Gasteiger partial charge in [-0.3, -0.25) is 19.2 Å². The number of carbonyl (C=O) groups excluding carboxylic acids is 4. The molecule has 0 saturated heterocycles. The van der Waals surface area contributed by atoms with Gasteiger partial charge in [0.1, 0.15) is 17.9 Å². The molecule has 0 aromatic heterocycles. The van der Waals surface area contributed by atoms with Gasteiger partial charge < -0.3 is 21.4 Å². The van der Waals surface area contributed by atoms with Crippen LogP contribution in [0.15, 0.2) is 48.5 Å². The van der Waals surface area contributed by atoms with Gasteiger partial charge in [-0.1, -0.05) is 49.7 Å². The van der Waals surface area contributed by atoms with Crippen molar-refractivity contribution < 1.29 is 23.6 Å². The molecule has 0 radical (unpaired) electrons. The largest absolute Gasteiger partial charge is 0.350 e. The summed E-state index contributed by atoms with van der Waals surface area (Å²) in [6, 6.07) is 10.3. The predicted octanol–water partition coefficient (Wildman–Crippen LogP) is 2.96. The van der Waals surface area contributed by atoms with Crippen LogP contribution < -0.4 is 16.0 Å². The standard InChI is InChI=1S/C26H30ClFN4O4/c1-16(2)24(34)32-23(13-17-3-7-19(27)8-4-17)26(36)31-22(12-11-21(33)14-29)25(35)30-15-18-5-9-20(28)10-6-18/h3-10,14,16,22-23,29H,11-13,15H2,1-2H3,(H,30,35)(H,31,36)(H,32,34)/t22-,23-/m0/s1. The van der Waals surface area contributed by atoms with Gasteiger partial charge in [-0.05, 0) is 41.8 Å². The summed E-state index contributed by atoms with van der Waals surface area (Å²) in [5, 5.41) is 15.6. The minimum Gasteiger partial charge on any atom is -0.350 e. The number of hydrogen-bond donors (Lipinski definition) is 4. The van der Waals surface area contributed by atoms with E-state index in [1.165, 1.54) is 24.3 Å². The average molecular weight is 517 g/mol. The van der Waals surface area contributed by atoms with Crippen molar-refractivity contribution in [2.45, 2.75) is 51.7 Å². The molecule has 36 heavy (non-hydrogen) atoms. The van der Waals surface area contributed by atoms with E-state index in [4.69, 9.17) is 17.0 Å². The van der Waals surface area contributed by atoms with E-state index in [2.05, 4.69) is 16.0 Å². The SMILES string of the molecule is CC(C)C(=O)N[C@@H](Cc1ccc(Cl)cc1)C(=O)N[C@@H](CCC(=O)C=N)C(=O)NCc1ccc(F)cc1. The first kappa shape index (κ1) is 28.6. The summed E-state index contributed by atoms with van der Waals surface area (Å²) < 4.78 is 13.1. The molecular weight excluding hydrogens is 487 g/mol. The van der Waals surface area contributed by atoms with Crippen molar-refractivity contribution in [2.24, 2.45) is 5.92 Å². The summed E-state index contributed by atoms with van der Waals surface area (Å²) >= 11 is 5.94. The summed E-state index contributed by atoms with van der Waals surface area (Å²) in [7, 11) is 0. The molecule has 3 amide bonds. The number of nitrogens with one attached hydrogen (secondary N) is 4. The van der Waals surface area contributed by atoms with Crippen molar-refractivity contribution in [3.8, 4) is 0 Å². The van der Waals surface area contributed by atoms with Crippen LogP contribution in [0.5, 0.6) is 0 Å². The van der Waals surface area contributed by atoms with Gasteiger partial charge in [0.05, 0.1) is 6.21 Å². The van der Waals surface area contributed by atoms with Gasteiger partial charge in [0.15, 0.2) is 5.78 Å². The van der Waals surface area contributed by atoms with Crippen LogP contribution >= 0.6 is 11.6 Å². The van der Waals surface area contributed by atoms with Gasteiger partial charge in [0.2, 0.25) is 17.7 Å². The number of rotatable bonds is 13. The number of hydrogen-bond acceptors (Lipinski definition) is 5. The van der Waals surface area contributed by atoms with E-state index >= 15 is 0 Å². The van der Waals surface area contributed by atoms with E-state index in [-0.39, 0.29) is 37.6 Å². The molecule has 0 heterocycles. The van der Waals surface area contributed by atoms with Crippen LogP contribution in [0.25, 0.3) is 0 Å². The monoisotopic (exact) mass is 516 g/mol. The Morgan fingerprint density at radius 2 is 1.47 bits per heavy atom. The van der Waals surface area contributed by atoms with Gasteiger partial charge in [0.25, 0.3) is 0 Å². The average Bonchev–Trinajstić information content (AvgIpc) is 2.86. The zero-order valence-corrected chi connectivity index (χ0v) is 20.9. The van der Waals surface area contributed by atoms with E-state index in [1.54, 1.807) is 38.1 Å². The minimum absolute atomic E-state index is 0.0407. The van der Waals surface area contributed by atoms with E-state index < -0.39 is 35.5 Å². The zero-order valence-electron chi connectivity index (χ0n) is 20.1. The lowest BCUT2D eigenvalue weighted by Crippen LogP contribution is -2.55. The fourth-order valence-corrected chi connectivity index (χ4v) is 3.34. The second kappa shape index (κ2) is 14.1. The summed E-state index contributed by atoms with van der Waals surface area (Å²) in [4.78, 5) is 50.1. The molecule has 0 spiro atoms. The van der Waals surface area contributed by atoms with Crippen molar-refractivity contribution in [2.75, 3.05) is 0 Å². The molecule has 10 heteroatoms. The molecule has 0 fully saturated rings. The highest BCUT2D eigenvalue weighted by atomic mass is 35.5. The zero-order chi connectivity index (χ0) is 26.7. The maximum absolute atomic E-state index is 13.2. The Morgan fingerprint density at radius 3 is 2.06 bits per heavy atom. The fraction of sp³-hybridized carbons (Fsp3) is 0.346. The quantitative estimate of drug-likeness (QED) is 0.305. The molecule has 0 saturated carbocycles. The van der Waals surface area contributed by atoms with Crippen molar-refractivity contribution in [3.63, 3.8) is 0 Å². The van der Waals surface area contributed by atoms with Crippen LogP contribution in [0.2, 0.25) is 5.02 Å². The number of amides is 3. The highest BCUT2D eigenvalue weighted by Crippen LogP contribution is 2.12. The van der Waals surface area contributed by atoms with Crippen molar-refractivity contribution in [3.05, 3.63) is 70.5 Å². The van der Waals surface area contributed by atoms with Crippen LogP contribution in [0, 0.1) is 17.1 Å². The van der Waals surface area contributed by atoms with E-state index in [0.717, 1.165) is 5.56 Å². The Hall–Kier alpha value is -3.59. The molecule has 0 unspecified atom stereocenters. The van der Waals surface area contributed by atoms with Crippen molar-refractivity contribution in [1.82, 2.24) is 16.0 Å². The second-order valence-corrected chi connectivity index (χ2v) is 9.04. The smallest absolute Gasteiger partial charge is 0.243 e. The first-order chi connectivity index (χ1) is 17.1. The lowest BCUT2D eigenvalue weighted by molar-refractivity contribution is -0.133. The molecule has 2 atom stereocenters. The molecule has 0 aliphatic heterocycles. The first-order valence-corrected chi connectivity index (χ1v) is 11.9. The maximum atomic E-state index is 13.2. The van der Waals surface area contributed by atoms with E-state index in [0.29, 0.717) is 16.8 Å². The molecule has 2 aromatic rings. The molecular formula is C26H30ClFN4O4. The fourth-order valence-electron chi connectivity index (χ4n) is 3.22. The number of Topliss-reactive ketones (excluding diaryl/α,β-unsaturated/α-hetero) is 1. The molecule has 192 valence electrons. The van der Waals surface area contributed by atoms with Crippen LogP contribution in [-0.2, 0) is 32.1 Å². The number of benzene rings is 2.